The van der Waals surface area contributed by atoms with Crippen LogP contribution in [0.2, 0.25) is 0 Å². The van der Waals surface area contributed by atoms with Gasteiger partial charge in [-0.05, 0) is 42.3 Å². The van der Waals surface area contributed by atoms with Crippen LogP contribution in [0, 0.1) is 13.8 Å². The minimum Gasteiger partial charge on any atom is -0.336 e. The minimum atomic E-state index is 0.894. The molecule has 0 aliphatic heterocycles. The second-order valence-corrected chi connectivity index (χ2v) is 7.28. The summed E-state index contributed by atoms with van der Waals surface area (Å²) in [4.78, 5) is 0. The molecular formula is C25H21N. The Kier molecular flexibility index (Phi) is 3.36. The normalized spacial score (nSPS) is 11.6. The van der Waals surface area contributed by atoms with E-state index in [1.54, 1.807) is 0 Å². The highest BCUT2D eigenvalue weighted by molar-refractivity contribution is 6.20. The Balaban J connectivity index is 1.85. The molecule has 1 heteroatoms. The van der Waals surface area contributed by atoms with Gasteiger partial charge in [0.15, 0.2) is 0 Å². The fourth-order valence-electron chi connectivity index (χ4n) is 4.33. The highest BCUT2D eigenvalue weighted by Gasteiger charge is 2.13. The number of nitrogens with zero attached hydrogens (tertiary/aromatic N) is 1. The first-order valence-corrected chi connectivity index (χ1v) is 9.16. The van der Waals surface area contributed by atoms with E-state index in [1.807, 2.05) is 0 Å². The standard InChI is InChI=1S/C25H21N/c1-17-13-18(2)15-19(14-17)16-26-23-10-6-5-9-22(23)25-21-8-4-3-7-20(21)11-12-24(25)26/h3-15H,16H2,1-2H3. The summed E-state index contributed by atoms with van der Waals surface area (Å²) >= 11 is 0. The zero-order valence-electron chi connectivity index (χ0n) is 15.2. The predicted molar refractivity (Wildman–Crippen MR) is 112 cm³/mol. The lowest BCUT2D eigenvalue weighted by Crippen LogP contribution is -2.00. The first-order chi connectivity index (χ1) is 12.7. The fraction of sp³-hybridized carbons (Fsp3) is 0.120. The fourth-order valence-corrected chi connectivity index (χ4v) is 4.33. The van der Waals surface area contributed by atoms with Crippen LogP contribution in [-0.2, 0) is 6.54 Å². The van der Waals surface area contributed by atoms with Crippen LogP contribution in [-0.4, -0.2) is 4.57 Å². The molecule has 0 bridgehead atoms. The largest absolute Gasteiger partial charge is 0.336 e. The molecule has 1 aromatic heterocycles. The Labute approximate surface area is 153 Å². The van der Waals surface area contributed by atoms with Gasteiger partial charge in [0.25, 0.3) is 0 Å². The van der Waals surface area contributed by atoms with Crippen molar-refractivity contribution in [1.82, 2.24) is 4.57 Å². The van der Waals surface area contributed by atoms with Crippen molar-refractivity contribution in [3.8, 4) is 0 Å². The summed E-state index contributed by atoms with van der Waals surface area (Å²) in [5, 5.41) is 5.33. The van der Waals surface area contributed by atoms with Crippen molar-refractivity contribution in [3.63, 3.8) is 0 Å². The molecule has 1 heterocycles. The van der Waals surface area contributed by atoms with Crippen LogP contribution in [0.3, 0.4) is 0 Å². The molecule has 0 N–H and O–H groups in total. The molecular weight excluding hydrogens is 314 g/mol. The number of hydrogen-bond acceptors (Lipinski definition) is 0. The summed E-state index contributed by atoms with van der Waals surface area (Å²) in [5.41, 5.74) is 6.62. The zero-order chi connectivity index (χ0) is 17.7. The summed E-state index contributed by atoms with van der Waals surface area (Å²) in [6.07, 6.45) is 0. The summed E-state index contributed by atoms with van der Waals surface area (Å²) in [7, 11) is 0. The number of aryl methyl sites for hydroxylation is 2. The van der Waals surface area contributed by atoms with E-state index in [2.05, 4.69) is 97.3 Å². The summed E-state index contributed by atoms with van der Waals surface area (Å²) < 4.78 is 2.46. The van der Waals surface area contributed by atoms with Gasteiger partial charge in [-0.1, -0.05) is 77.9 Å². The third-order valence-electron chi connectivity index (χ3n) is 5.28. The maximum Gasteiger partial charge on any atom is 0.0501 e. The van der Waals surface area contributed by atoms with Crippen LogP contribution in [0.5, 0.6) is 0 Å². The molecule has 0 saturated heterocycles. The summed E-state index contributed by atoms with van der Waals surface area (Å²) in [5.74, 6) is 0. The smallest absolute Gasteiger partial charge is 0.0501 e. The summed E-state index contributed by atoms with van der Waals surface area (Å²) in [6.45, 7) is 5.25. The molecule has 0 aliphatic carbocycles. The van der Waals surface area contributed by atoms with Crippen LogP contribution in [0.25, 0.3) is 32.6 Å². The van der Waals surface area contributed by atoms with Crippen LogP contribution in [0.4, 0.5) is 0 Å². The van der Waals surface area contributed by atoms with Crippen molar-refractivity contribution < 1.29 is 0 Å². The minimum absolute atomic E-state index is 0.894. The first-order valence-electron chi connectivity index (χ1n) is 9.16. The van der Waals surface area contributed by atoms with Gasteiger partial charge in [-0.2, -0.15) is 0 Å². The average Bonchev–Trinajstić information content (AvgIpc) is 2.95. The number of para-hydroxylation sites is 1. The van der Waals surface area contributed by atoms with Crippen LogP contribution in [0.1, 0.15) is 16.7 Å². The molecule has 126 valence electrons. The number of benzene rings is 4. The molecule has 5 aromatic rings. The van der Waals surface area contributed by atoms with Crippen molar-refractivity contribution in [1.29, 1.82) is 0 Å². The molecule has 0 atom stereocenters. The molecule has 0 radical (unpaired) electrons. The van der Waals surface area contributed by atoms with Crippen molar-refractivity contribution >= 4 is 32.6 Å². The SMILES string of the molecule is Cc1cc(C)cc(Cn2c3ccccc3c3c4ccccc4ccc32)c1. The molecule has 1 nitrogen and oxygen atoms in total. The lowest BCUT2D eigenvalue weighted by atomic mass is 10.0. The predicted octanol–water partition coefficient (Wildman–Crippen LogP) is 6.61. The van der Waals surface area contributed by atoms with Gasteiger partial charge in [-0.3, -0.25) is 0 Å². The van der Waals surface area contributed by atoms with Crippen LogP contribution in [0.15, 0.2) is 78.9 Å². The number of rotatable bonds is 2. The van der Waals surface area contributed by atoms with Gasteiger partial charge in [0.05, 0.1) is 5.52 Å². The van der Waals surface area contributed by atoms with Crippen molar-refractivity contribution in [2.45, 2.75) is 20.4 Å². The first kappa shape index (κ1) is 15.2. The number of hydrogen-bond donors (Lipinski definition) is 0. The van der Waals surface area contributed by atoms with Gasteiger partial charge in [-0.25, -0.2) is 0 Å². The quantitative estimate of drug-likeness (QED) is 0.342. The Hall–Kier alpha value is -3.06. The Morgan fingerprint density at radius 1 is 0.654 bits per heavy atom. The maximum absolute atomic E-state index is 2.46. The molecule has 0 fully saturated rings. The zero-order valence-corrected chi connectivity index (χ0v) is 15.2. The van der Waals surface area contributed by atoms with Gasteiger partial charge < -0.3 is 4.57 Å². The van der Waals surface area contributed by atoms with Crippen molar-refractivity contribution in [2.24, 2.45) is 0 Å². The van der Waals surface area contributed by atoms with E-state index in [0.717, 1.165) is 6.54 Å². The third-order valence-corrected chi connectivity index (χ3v) is 5.28. The van der Waals surface area contributed by atoms with Gasteiger partial charge in [-0.15, -0.1) is 0 Å². The van der Waals surface area contributed by atoms with E-state index in [-0.39, 0.29) is 0 Å². The number of aromatic nitrogens is 1. The molecule has 4 aromatic carbocycles. The van der Waals surface area contributed by atoms with Gasteiger partial charge in [0.2, 0.25) is 0 Å². The molecule has 0 amide bonds. The van der Waals surface area contributed by atoms with E-state index in [0.29, 0.717) is 0 Å². The third kappa shape index (κ3) is 2.32. The molecule has 5 rings (SSSR count). The summed E-state index contributed by atoms with van der Waals surface area (Å²) in [6, 6.07) is 28.8. The van der Waals surface area contributed by atoms with Crippen LogP contribution < -0.4 is 0 Å². The average molecular weight is 335 g/mol. The van der Waals surface area contributed by atoms with E-state index < -0.39 is 0 Å². The molecule has 0 aliphatic rings. The molecule has 0 unspecified atom stereocenters. The molecule has 0 saturated carbocycles. The van der Waals surface area contributed by atoms with Gasteiger partial charge >= 0.3 is 0 Å². The molecule has 0 spiro atoms. The highest BCUT2D eigenvalue weighted by Crippen LogP contribution is 2.35. The Morgan fingerprint density at radius 3 is 2.15 bits per heavy atom. The Morgan fingerprint density at radius 2 is 1.35 bits per heavy atom. The highest BCUT2D eigenvalue weighted by atomic mass is 15.0. The van der Waals surface area contributed by atoms with Crippen molar-refractivity contribution in [2.75, 3.05) is 0 Å². The maximum atomic E-state index is 2.46. The van der Waals surface area contributed by atoms with Gasteiger partial charge in [0.1, 0.15) is 0 Å². The van der Waals surface area contributed by atoms with Gasteiger partial charge in [0, 0.05) is 22.8 Å². The van der Waals surface area contributed by atoms with E-state index >= 15 is 0 Å². The van der Waals surface area contributed by atoms with E-state index in [1.165, 1.54) is 49.3 Å². The monoisotopic (exact) mass is 335 g/mol. The van der Waals surface area contributed by atoms with E-state index in [9.17, 15) is 0 Å². The Bertz CT molecular complexity index is 1250. The second-order valence-electron chi connectivity index (χ2n) is 7.28. The topological polar surface area (TPSA) is 4.93 Å². The second kappa shape index (κ2) is 5.74. The molecule has 26 heavy (non-hydrogen) atoms. The number of fused-ring (bicyclic) bond motifs is 5. The van der Waals surface area contributed by atoms with Crippen molar-refractivity contribution in [3.05, 3.63) is 95.6 Å². The van der Waals surface area contributed by atoms with E-state index in [4.69, 9.17) is 0 Å². The van der Waals surface area contributed by atoms with Crippen LogP contribution >= 0.6 is 0 Å². The lowest BCUT2D eigenvalue weighted by Gasteiger charge is -2.10. The lowest BCUT2D eigenvalue weighted by molar-refractivity contribution is 0.866.